The molecule has 0 aliphatic carbocycles. The van der Waals surface area contributed by atoms with Crippen LogP contribution in [0.1, 0.15) is 11.1 Å². The molecule has 0 fully saturated rings. The van der Waals surface area contributed by atoms with Gasteiger partial charge in [-0.05, 0) is 41.3 Å². The van der Waals surface area contributed by atoms with E-state index in [2.05, 4.69) is 20.3 Å². The van der Waals surface area contributed by atoms with Crippen molar-refractivity contribution in [3.05, 3.63) is 78.0 Å². The van der Waals surface area contributed by atoms with Crippen molar-refractivity contribution in [2.75, 3.05) is 17.6 Å². The maximum atomic E-state index is 13.4. The minimum absolute atomic E-state index is 0.143. The summed E-state index contributed by atoms with van der Waals surface area (Å²) in [6.07, 6.45) is 3.78. The number of nitrogen functional groups attached to an aromatic ring is 1. The van der Waals surface area contributed by atoms with Crippen LogP contribution in [0.2, 0.25) is 0 Å². The predicted molar refractivity (Wildman–Crippen MR) is 110 cm³/mol. The van der Waals surface area contributed by atoms with E-state index in [4.69, 9.17) is 5.73 Å². The van der Waals surface area contributed by atoms with Crippen molar-refractivity contribution in [1.82, 2.24) is 15.0 Å². The van der Waals surface area contributed by atoms with Gasteiger partial charge >= 0.3 is 0 Å². The number of nitrogens with two attached hydrogens (primary N) is 1. The summed E-state index contributed by atoms with van der Waals surface area (Å²) in [5.41, 5.74) is 9.77. The number of hydrogen-bond donors (Lipinski definition) is 2. The number of benzene rings is 2. The van der Waals surface area contributed by atoms with E-state index < -0.39 is 0 Å². The van der Waals surface area contributed by atoms with Gasteiger partial charge in [0.25, 0.3) is 0 Å². The van der Waals surface area contributed by atoms with E-state index in [1.165, 1.54) is 18.5 Å². The highest BCUT2D eigenvalue weighted by Gasteiger charge is 2.12. The van der Waals surface area contributed by atoms with Gasteiger partial charge in [0.15, 0.2) is 0 Å². The second-order valence-electron chi connectivity index (χ2n) is 6.45. The van der Waals surface area contributed by atoms with Crippen molar-refractivity contribution in [3.8, 4) is 17.2 Å². The molecule has 2 aromatic heterocycles. The minimum atomic E-state index is -0.277. The van der Waals surface area contributed by atoms with E-state index in [-0.39, 0.29) is 17.2 Å². The number of hydrogen-bond acceptors (Lipinski definition) is 6. The first kappa shape index (κ1) is 18.3. The van der Waals surface area contributed by atoms with Gasteiger partial charge in [-0.1, -0.05) is 30.3 Å². The molecule has 0 atom stereocenters. The van der Waals surface area contributed by atoms with Crippen molar-refractivity contribution < 1.29 is 4.39 Å². The van der Waals surface area contributed by atoms with Crippen LogP contribution in [0.4, 0.5) is 16.0 Å². The molecule has 6 nitrogen and oxygen atoms in total. The molecule has 0 aliphatic heterocycles. The lowest BCUT2D eigenvalue weighted by atomic mass is 9.95. The number of halogens is 1. The highest BCUT2D eigenvalue weighted by molar-refractivity contribution is 5.96. The standard InChI is InChI=1S/C22H17FN6/c23-16-7-5-14(6-8-16)20-15(12-27-19-4-2-1-3-17(19)20)9-10-26-22-18(11-24)21(25)28-13-29-22/h1-8,12-13H,9-10H2,(H3,25,26,28,29). The van der Waals surface area contributed by atoms with Crippen molar-refractivity contribution in [1.29, 1.82) is 5.26 Å². The molecule has 4 aromatic rings. The topological polar surface area (TPSA) is 101 Å². The zero-order valence-corrected chi connectivity index (χ0v) is 15.4. The molecule has 0 amide bonds. The summed E-state index contributed by atoms with van der Waals surface area (Å²) >= 11 is 0. The second-order valence-corrected chi connectivity index (χ2v) is 6.45. The summed E-state index contributed by atoms with van der Waals surface area (Å²) in [5.74, 6) is 0.266. The largest absolute Gasteiger partial charge is 0.382 e. The van der Waals surface area contributed by atoms with Crippen molar-refractivity contribution >= 4 is 22.5 Å². The Kier molecular flexibility index (Phi) is 4.99. The fourth-order valence-corrected chi connectivity index (χ4v) is 3.29. The van der Waals surface area contributed by atoms with E-state index in [1.807, 2.05) is 36.5 Å². The zero-order chi connectivity index (χ0) is 20.2. The summed E-state index contributed by atoms with van der Waals surface area (Å²) in [6, 6.07) is 16.3. The number of nitrogens with one attached hydrogen (secondary N) is 1. The van der Waals surface area contributed by atoms with Gasteiger partial charge in [-0.25, -0.2) is 14.4 Å². The average molecular weight is 384 g/mol. The third-order valence-electron chi connectivity index (χ3n) is 4.66. The molecule has 29 heavy (non-hydrogen) atoms. The molecule has 0 saturated carbocycles. The van der Waals surface area contributed by atoms with E-state index >= 15 is 0 Å². The summed E-state index contributed by atoms with van der Waals surface area (Å²) < 4.78 is 13.4. The fourth-order valence-electron chi connectivity index (χ4n) is 3.29. The first-order valence-electron chi connectivity index (χ1n) is 9.04. The van der Waals surface area contributed by atoms with Gasteiger partial charge < -0.3 is 11.1 Å². The van der Waals surface area contributed by atoms with Crippen molar-refractivity contribution in [2.24, 2.45) is 0 Å². The molecule has 2 heterocycles. The SMILES string of the molecule is N#Cc1c(N)ncnc1NCCc1cnc2ccccc2c1-c1ccc(F)cc1. The predicted octanol–water partition coefficient (Wildman–Crippen LogP) is 3.94. The van der Waals surface area contributed by atoms with Gasteiger partial charge in [0.2, 0.25) is 0 Å². The Bertz CT molecular complexity index is 1210. The number of fused-ring (bicyclic) bond motifs is 1. The molecular weight excluding hydrogens is 367 g/mol. The minimum Gasteiger partial charge on any atom is -0.382 e. The summed E-state index contributed by atoms with van der Waals surface area (Å²) in [4.78, 5) is 12.5. The number of rotatable bonds is 5. The molecule has 0 saturated heterocycles. The summed E-state index contributed by atoms with van der Waals surface area (Å²) in [7, 11) is 0. The Labute approximate surface area is 166 Å². The van der Waals surface area contributed by atoms with Crippen molar-refractivity contribution in [3.63, 3.8) is 0 Å². The van der Waals surface area contributed by atoms with Gasteiger partial charge in [0.1, 0.15) is 35.4 Å². The molecular formula is C22H17FN6. The molecule has 0 unspecified atom stereocenters. The normalized spacial score (nSPS) is 10.6. The van der Waals surface area contributed by atoms with Crippen LogP contribution in [0.15, 0.2) is 61.1 Å². The number of nitrogens with zero attached hydrogens (tertiary/aromatic N) is 4. The lowest BCUT2D eigenvalue weighted by Gasteiger charge is -2.14. The van der Waals surface area contributed by atoms with Crippen LogP contribution in [0.25, 0.3) is 22.0 Å². The fraction of sp³-hybridized carbons (Fsp3) is 0.0909. The monoisotopic (exact) mass is 384 g/mol. The van der Waals surface area contributed by atoms with E-state index in [0.29, 0.717) is 18.8 Å². The Morgan fingerprint density at radius 3 is 2.62 bits per heavy atom. The van der Waals surface area contributed by atoms with Crippen molar-refractivity contribution in [2.45, 2.75) is 6.42 Å². The van der Waals surface area contributed by atoms with Crippen LogP contribution < -0.4 is 11.1 Å². The Hall–Kier alpha value is -4.05. The maximum Gasteiger partial charge on any atom is 0.149 e. The van der Waals surface area contributed by atoms with Crippen LogP contribution in [-0.2, 0) is 6.42 Å². The van der Waals surface area contributed by atoms with Crippen LogP contribution in [0.5, 0.6) is 0 Å². The second kappa shape index (κ2) is 7.90. The van der Waals surface area contributed by atoms with E-state index in [9.17, 15) is 9.65 Å². The molecule has 4 rings (SSSR count). The molecule has 7 heteroatoms. The number of nitriles is 1. The van der Waals surface area contributed by atoms with Gasteiger partial charge in [0, 0.05) is 18.1 Å². The first-order valence-corrected chi connectivity index (χ1v) is 9.04. The van der Waals surface area contributed by atoms with E-state index in [0.717, 1.165) is 27.6 Å². The van der Waals surface area contributed by atoms with Crippen LogP contribution in [0, 0.1) is 17.1 Å². The van der Waals surface area contributed by atoms with Gasteiger partial charge in [-0.2, -0.15) is 5.26 Å². The third kappa shape index (κ3) is 3.69. The Morgan fingerprint density at radius 1 is 1.03 bits per heavy atom. The van der Waals surface area contributed by atoms with E-state index in [1.54, 1.807) is 12.1 Å². The highest BCUT2D eigenvalue weighted by Crippen LogP contribution is 2.31. The third-order valence-corrected chi connectivity index (χ3v) is 4.66. The molecule has 0 radical (unpaired) electrons. The van der Waals surface area contributed by atoms with Gasteiger partial charge in [0.05, 0.1) is 5.52 Å². The number of pyridine rings is 1. The number of anilines is 2. The Balaban J connectivity index is 1.67. The lowest BCUT2D eigenvalue weighted by Crippen LogP contribution is -2.10. The average Bonchev–Trinajstić information content (AvgIpc) is 2.74. The molecule has 0 spiro atoms. The quantitative estimate of drug-likeness (QED) is 0.541. The lowest BCUT2D eigenvalue weighted by molar-refractivity contribution is 0.628. The molecule has 3 N–H and O–H groups in total. The molecule has 142 valence electrons. The van der Waals surface area contributed by atoms with Crippen LogP contribution in [0.3, 0.4) is 0 Å². The summed E-state index contributed by atoms with van der Waals surface area (Å²) in [5, 5.41) is 13.4. The number of para-hydroxylation sites is 1. The van der Waals surface area contributed by atoms with Crippen LogP contribution in [-0.4, -0.2) is 21.5 Å². The maximum absolute atomic E-state index is 13.4. The smallest absolute Gasteiger partial charge is 0.149 e. The zero-order valence-electron chi connectivity index (χ0n) is 15.4. The molecule has 0 aliphatic rings. The first-order chi connectivity index (χ1) is 14.2. The van der Waals surface area contributed by atoms with Gasteiger partial charge in [-0.15, -0.1) is 0 Å². The van der Waals surface area contributed by atoms with Gasteiger partial charge in [-0.3, -0.25) is 4.98 Å². The molecule has 2 aromatic carbocycles. The Morgan fingerprint density at radius 2 is 1.83 bits per heavy atom. The summed E-state index contributed by atoms with van der Waals surface area (Å²) in [6.45, 7) is 0.513. The number of aromatic nitrogens is 3. The van der Waals surface area contributed by atoms with Crippen LogP contribution >= 0.6 is 0 Å². The molecule has 0 bridgehead atoms. The highest BCUT2D eigenvalue weighted by atomic mass is 19.1.